The second-order valence-corrected chi connectivity index (χ2v) is 8.36. The van der Waals surface area contributed by atoms with Gasteiger partial charge < -0.3 is 9.47 Å². The summed E-state index contributed by atoms with van der Waals surface area (Å²) < 4.78 is 12.9. The molecule has 8 heteroatoms. The maximum atomic E-state index is 6.36. The van der Waals surface area contributed by atoms with Crippen LogP contribution in [0.3, 0.4) is 0 Å². The van der Waals surface area contributed by atoms with Gasteiger partial charge in [0.2, 0.25) is 0 Å². The highest BCUT2D eigenvalue weighted by Gasteiger charge is 2.18. The van der Waals surface area contributed by atoms with E-state index in [0.717, 1.165) is 27.8 Å². The monoisotopic (exact) mass is 471 g/mol. The largest absolute Gasteiger partial charge is 0.493 e. The van der Waals surface area contributed by atoms with Gasteiger partial charge in [-0.15, -0.1) is 10.2 Å². The lowest BCUT2D eigenvalue weighted by Crippen LogP contribution is -2.01. The SMILES string of the molecule is COc1ccc(-n2c(SCc3ccc(Cl)cc3Cl)nnc2-c2ccccc2)cc1OC. The van der Waals surface area contributed by atoms with Gasteiger partial charge in [0.15, 0.2) is 22.5 Å². The molecule has 4 rings (SSSR count). The van der Waals surface area contributed by atoms with Gasteiger partial charge in [-0.3, -0.25) is 4.57 Å². The lowest BCUT2D eigenvalue weighted by molar-refractivity contribution is 0.355. The molecule has 0 radical (unpaired) electrons. The highest BCUT2D eigenvalue weighted by Crippen LogP contribution is 2.35. The minimum absolute atomic E-state index is 0.610. The van der Waals surface area contributed by atoms with Crippen LogP contribution in [0.4, 0.5) is 0 Å². The number of hydrogen-bond donors (Lipinski definition) is 0. The fourth-order valence-electron chi connectivity index (χ4n) is 3.12. The van der Waals surface area contributed by atoms with Crippen LogP contribution in [0.15, 0.2) is 71.9 Å². The van der Waals surface area contributed by atoms with E-state index in [0.29, 0.717) is 27.3 Å². The normalized spacial score (nSPS) is 10.8. The van der Waals surface area contributed by atoms with Crippen LogP contribution in [-0.2, 0) is 5.75 Å². The van der Waals surface area contributed by atoms with Crippen molar-refractivity contribution in [3.8, 4) is 28.6 Å². The molecule has 4 aromatic rings. The van der Waals surface area contributed by atoms with Gasteiger partial charge in [-0.05, 0) is 29.8 Å². The molecule has 0 amide bonds. The summed E-state index contributed by atoms with van der Waals surface area (Å²) in [5.74, 6) is 2.64. The number of aromatic nitrogens is 3. The highest BCUT2D eigenvalue weighted by atomic mass is 35.5. The van der Waals surface area contributed by atoms with Crippen molar-refractivity contribution in [3.05, 3.63) is 82.3 Å². The molecule has 3 aromatic carbocycles. The summed E-state index contributed by atoms with van der Waals surface area (Å²) in [5.41, 5.74) is 2.80. The zero-order valence-corrected chi connectivity index (χ0v) is 19.2. The maximum absolute atomic E-state index is 6.36. The molecule has 0 bridgehead atoms. The number of halogens is 2. The van der Waals surface area contributed by atoms with Gasteiger partial charge >= 0.3 is 0 Å². The smallest absolute Gasteiger partial charge is 0.196 e. The minimum atomic E-state index is 0.610. The van der Waals surface area contributed by atoms with Crippen molar-refractivity contribution in [1.82, 2.24) is 14.8 Å². The van der Waals surface area contributed by atoms with Gasteiger partial charge in [0.1, 0.15) is 0 Å². The van der Waals surface area contributed by atoms with Crippen LogP contribution < -0.4 is 9.47 Å². The molecule has 0 aliphatic rings. The molecule has 0 saturated heterocycles. The fourth-order valence-corrected chi connectivity index (χ4v) is 4.63. The van der Waals surface area contributed by atoms with Crippen molar-refractivity contribution >= 4 is 35.0 Å². The molecule has 1 aromatic heterocycles. The highest BCUT2D eigenvalue weighted by molar-refractivity contribution is 7.98. The third-order valence-electron chi connectivity index (χ3n) is 4.66. The Morgan fingerprint density at radius 2 is 1.65 bits per heavy atom. The van der Waals surface area contributed by atoms with Crippen LogP contribution in [0.25, 0.3) is 17.1 Å². The van der Waals surface area contributed by atoms with Crippen LogP contribution in [0.5, 0.6) is 11.5 Å². The maximum Gasteiger partial charge on any atom is 0.196 e. The number of rotatable bonds is 7. The molecule has 0 fully saturated rings. The first-order valence-electron chi connectivity index (χ1n) is 9.40. The molecule has 0 atom stereocenters. The summed E-state index contributed by atoms with van der Waals surface area (Å²) in [6.45, 7) is 0. The molecule has 158 valence electrons. The molecule has 0 unspecified atom stereocenters. The van der Waals surface area contributed by atoms with E-state index >= 15 is 0 Å². The second-order valence-electron chi connectivity index (χ2n) is 6.57. The van der Waals surface area contributed by atoms with E-state index in [1.54, 1.807) is 32.0 Å². The molecule has 1 heterocycles. The lowest BCUT2D eigenvalue weighted by Gasteiger charge is -2.14. The van der Waals surface area contributed by atoms with E-state index in [2.05, 4.69) is 10.2 Å². The van der Waals surface area contributed by atoms with Gasteiger partial charge in [0.05, 0.1) is 19.9 Å². The van der Waals surface area contributed by atoms with Crippen molar-refractivity contribution < 1.29 is 9.47 Å². The standard InChI is InChI=1S/C23H19Cl2N3O2S/c1-29-20-11-10-18(13-21(20)30-2)28-22(15-6-4-3-5-7-15)26-27-23(28)31-14-16-8-9-17(24)12-19(16)25/h3-13H,14H2,1-2H3. The van der Waals surface area contributed by atoms with Crippen LogP contribution in [0, 0.1) is 0 Å². The third kappa shape index (κ3) is 4.66. The van der Waals surface area contributed by atoms with Crippen molar-refractivity contribution in [1.29, 1.82) is 0 Å². The van der Waals surface area contributed by atoms with Crippen molar-refractivity contribution in [2.75, 3.05) is 14.2 Å². The van der Waals surface area contributed by atoms with Gasteiger partial charge in [-0.25, -0.2) is 0 Å². The van der Waals surface area contributed by atoms with E-state index in [9.17, 15) is 0 Å². The number of hydrogen-bond acceptors (Lipinski definition) is 5. The Labute approximate surface area is 194 Å². The Kier molecular flexibility index (Phi) is 6.70. The molecular weight excluding hydrogens is 453 g/mol. The first-order valence-corrected chi connectivity index (χ1v) is 11.1. The van der Waals surface area contributed by atoms with E-state index in [-0.39, 0.29) is 0 Å². The fraction of sp³-hybridized carbons (Fsp3) is 0.130. The quantitative estimate of drug-likeness (QED) is 0.286. The van der Waals surface area contributed by atoms with Crippen LogP contribution >= 0.6 is 35.0 Å². The minimum Gasteiger partial charge on any atom is -0.493 e. The van der Waals surface area contributed by atoms with Gasteiger partial charge in [0.25, 0.3) is 0 Å². The predicted molar refractivity (Wildman–Crippen MR) is 126 cm³/mol. The lowest BCUT2D eigenvalue weighted by atomic mass is 10.2. The Morgan fingerprint density at radius 1 is 0.871 bits per heavy atom. The third-order valence-corrected chi connectivity index (χ3v) is 6.23. The number of ether oxygens (including phenoxy) is 2. The number of thioether (sulfide) groups is 1. The number of nitrogens with zero attached hydrogens (tertiary/aromatic N) is 3. The zero-order chi connectivity index (χ0) is 21.8. The molecular formula is C23H19Cl2N3O2S. The Bertz CT molecular complexity index is 1200. The van der Waals surface area contributed by atoms with E-state index in [1.165, 1.54) is 0 Å². The second kappa shape index (κ2) is 9.64. The molecule has 0 aliphatic heterocycles. The topological polar surface area (TPSA) is 49.2 Å². The molecule has 0 aliphatic carbocycles. The Hall–Kier alpha value is -2.67. The first-order chi connectivity index (χ1) is 15.1. The molecule has 0 saturated carbocycles. The summed E-state index contributed by atoms with van der Waals surface area (Å²) >= 11 is 13.9. The summed E-state index contributed by atoms with van der Waals surface area (Å²) in [6, 6.07) is 21.2. The van der Waals surface area contributed by atoms with Crippen molar-refractivity contribution in [3.63, 3.8) is 0 Å². The zero-order valence-electron chi connectivity index (χ0n) is 16.9. The molecule has 0 N–H and O–H groups in total. The van der Waals surface area contributed by atoms with E-state index < -0.39 is 0 Å². The number of benzene rings is 3. The summed E-state index contributed by atoms with van der Waals surface area (Å²) in [5, 5.41) is 10.9. The summed E-state index contributed by atoms with van der Waals surface area (Å²) in [6.07, 6.45) is 0. The summed E-state index contributed by atoms with van der Waals surface area (Å²) in [7, 11) is 3.23. The van der Waals surface area contributed by atoms with Gasteiger partial charge in [-0.2, -0.15) is 0 Å². The van der Waals surface area contributed by atoms with E-state index in [1.807, 2.05) is 65.2 Å². The number of methoxy groups -OCH3 is 2. The van der Waals surface area contributed by atoms with Crippen LogP contribution in [0.2, 0.25) is 10.0 Å². The van der Waals surface area contributed by atoms with Crippen LogP contribution in [-0.4, -0.2) is 29.0 Å². The van der Waals surface area contributed by atoms with Crippen molar-refractivity contribution in [2.24, 2.45) is 0 Å². The molecule has 31 heavy (non-hydrogen) atoms. The predicted octanol–water partition coefficient (Wildman–Crippen LogP) is 6.55. The van der Waals surface area contributed by atoms with Crippen LogP contribution in [0.1, 0.15) is 5.56 Å². The van der Waals surface area contributed by atoms with Gasteiger partial charge in [0, 0.05) is 27.4 Å². The first kappa shape index (κ1) is 21.6. The average molecular weight is 472 g/mol. The average Bonchev–Trinajstić information content (AvgIpc) is 3.22. The molecule has 5 nitrogen and oxygen atoms in total. The summed E-state index contributed by atoms with van der Waals surface area (Å²) in [4.78, 5) is 0. The van der Waals surface area contributed by atoms with Crippen molar-refractivity contribution in [2.45, 2.75) is 10.9 Å². The van der Waals surface area contributed by atoms with Gasteiger partial charge in [-0.1, -0.05) is 71.4 Å². The molecule has 0 spiro atoms. The Balaban J connectivity index is 1.77. The Morgan fingerprint density at radius 3 is 2.35 bits per heavy atom. The van der Waals surface area contributed by atoms with E-state index in [4.69, 9.17) is 32.7 Å².